The van der Waals surface area contributed by atoms with E-state index in [9.17, 15) is 9.59 Å². The second kappa shape index (κ2) is 7.57. The third-order valence-corrected chi connectivity index (χ3v) is 3.77. The maximum absolute atomic E-state index is 12.1. The van der Waals surface area contributed by atoms with Gasteiger partial charge >= 0.3 is 5.97 Å². The Bertz CT molecular complexity index is 724. The number of anilines is 1. The number of hydrogen-bond donors (Lipinski definition) is 1. The molecule has 23 heavy (non-hydrogen) atoms. The van der Waals surface area contributed by atoms with Crippen LogP contribution in [0.2, 0.25) is 5.15 Å². The third kappa shape index (κ3) is 4.77. The first-order chi connectivity index (χ1) is 10.9. The second-order valence-corrected chi connectivity index (χ2v) is 6.15. The molecule has 1 heterocycles. The first kappa shape index (κ1) is 17.4. The number of esters is 1. The van der Waals surface area contributed by atoms with E-state index >= 15 is 0 Å². The number of pyridine rings is 1. The molecule has 0 saturated carbocycles. The zero-order valence-corrected chi connectivity index (χ0v) is 14.9. The minimum Gasteiger partial charge on any atom is -0.452 e. The molecule has 0 atom stereocenters. The van der Waals surface area contributed by atoms with Crippen molar-refractivity contribution in [2.45, 2.75) is 13.8 Å². The average Bonchev–Trinajstić information content (AvgIpc) is 2.46. The molecule has 0 aliphatic rings. The van der Waals surface area contributed by atoms with Gasteiger partial charge in [0.15, 0.2) is 6.61 Å². The summed E-state index contributed by atoms with van der Waals surface area (Å²) < 4.78 is 5.90. The highest BCUT2D eigenvalue weighted by Gasteiger charge is 2.18. The van der Waals surface area contributed by atoms with E-state index in [0.717, 1.165) is 4.47 Å². The highest BCUT2D eigenvalue weighted by Crippen LogP contribution is 2.20. The van der Waals surface area contributed by atoms with Gasteiger partial charge in [0.2, 0.25) is 0 Å². The van der Waals surface area contributed by atoms with Gasteiger partial charge in [-0.25, -0.2) is 9.78 Å². The molecule has 0 fully saturated rings. The molecule has 1 amide bonds. The number of hydrogen-bond acceptors (Lipinski definition) is 4. The predicted octanol–water partition coefficient (Wildman–Crippen LogP) is 3.91. The van der Waals surface area contributed by atoms with Crippen molar-refractivity contribution in [2.24, 2.45) is 0 Å². The van der Waals surface area contributed by atoms with Gasteiger partial charge in [0.1, 0.15) is 5.15 Å². The van der Waals surface area contributed by atoms with Gasteiger partial charge in [0.05, 0.1) is 5.56 Å². The molecule has 2 aromatic rings. The van der Waals surface area contributed by atoms with Crippen molar-refractivity contribution >= 4 is 45.1 Å². The molecular formula is C16H14BrClN2O3. The largest absolute Gasteiger partial charge is 0.452 e. The Morgan fingerprint density at radius 1 is 1.26 bits per heavy atom. The van der Waals surface area contributed by atoms with Crippen LogP contribution in [0.3, 0.4) is 0 Å². The lowest BCUT2D eigenvalue weighted by atomic mass is 10.1. The summed E-state index contributed by atoms with van der Waals surface area (Å²) in [5, 5.41) is 2.70. The van der Waals surface area contributed by atoms with Crippen LogP contribution >= 0.6 is 27.5 Å². The Balaban J connectivity index is 1.96. The van der Waals surface area contributed by atoms with Crippen LogP contribution in [0, 0.1) is 13.8 Å². The SMILES string of the molecule is Cc1cc(C)c(C(=O)OCC(=O)Nc2ccc(Br)cc2)c(Cl)n1. The number of benzene rings is 1. The van der Waals surface area contributed by atoms with Crippen molar-refractivity contribution in [2.75, 3.05) is 11.9 Å². The number of nitrogens with one attached hydrogen (secondary N) is 1. The number of aryl methyl sites for hydroxylation is 2. The second-order valence-electron chi connectivity index (χ2n) is 4.88. The fraction of sp³-hybridized carbons (Fsp3) is 0.188. The number of nitrogens with zero attached hydrogens (tertiary/aromatic N) is 1. The zero-order chi connectivity index (χ0) is 17.0. The van der Waals surface area contributed by atoms with Crippen LogP contribution in [0.4, 0.5) is 5.69 Å². The van der Waals surface area contributed by atoms with E-state index in [1.807, 2.05) is 0 Å². The number of halogens is 2. The van der Waals surface area contributed by atoms with E-state index in [0.29, 0.717) is 16.9 Å². The predicted molar refractivity (Wildman–Crippen MR) is 91.8 cm³/mol. The Labute approximate surface area is 147 Å². The number of aromatic nitrogens is 1. The lowest BCUT2D eigenvalue weighted by Gasteiger charge is -2.09. The molecule has 120 valence electrons. The van der Waals surface area contributed by atoms with E-state index in [-0.39, 0.29) is 10.7 Å². The average molecular weight is 398 g/mol. The summed E-state index contributed by atoms with van der Waals surface area (Å²) >= 11 is 9.28. The van der Waals surface area contributed by atoms with Crippen molar-refractivity contribution in [3.8, 4) is 0 Å². The van der Waals surface area contributed by atoms with Crippen LogP contribution in [0.1, 0.15) is 21.6 Å². The molecule has 1 aromatic heterocycles. The highest BCUT2D eigenvalue weighted by atomic mass is 79.9. The van der Waals surface area contributed by atoms with E-state index < -0.39 is 18.5 Å². The lowest BCUT2D eigenvalue weighted by molar-refractivity contribution is -0.119. The standard InChI is InChI=1S/C16H14BrClN2O3/c1-9-7-10(2)19-15(18)14(9)16(22)23-8-13(21)20-12-5-3-11(17)4-6-12/h3-7H,8H2,1-2H3,(H,20,21). The maximum Gasteiger partial charge on any atom is 0.342 e. The molecular weight excluding hydrogens is 384 g/mol. The van der Waals surface area contributed by atoms with Gasteiger partial charge in [0, 0.05) is 15.9 Å². The van der Waals surface area contributed by atoms with Crippen molar-refractivity contribution in [1.82, 2.24) is 4.98 Å². The summed E-state index contributed by atoms with van der Waals surface area (Å²) in [4.78, 5) is 27.9. The van der Waals surface area contributed by atoms with Gasteiger partial charge in [-0.05, 0) is 49.7 Å². The Morgan fingerprint density at radius 2 is 1.91 bits per heavy atom. The topological polar surface area (TPSA) is 68.3 Å². The Morgan fingerprint density at radius 3 is 2.52 bits per heavy atom. The van der Waals surface area contributed by atoms with Crippen LogP contribution in [-0.4, -0.2) is 23.5 Å². The summed E-state index contributed by atoms with van der Waals surface area (Å²) in [5.74, 6) is -1.11. The van der Waals surface area contributed by atoms with Gasteiger partial charge in [-0.15, -0.1) is 0 Å². The minimum atomic E-state index is -0.675. The van der Waals surface area contributed by atoms with Crippen molar-refractivity contribution < 1.29 is 14.3 Å². The molecule has 0 aliphatic carbocycles. The van der Waals surface area contributed by atoms with Gasteiger partial charge in [0.25, 0.3) is 5.91 Å². The van der Waals surface area contributed by atoms with Crippen LogP contribution in [0.25, 0.3) is 0 Å². The molecule has 0 radical (unpaired) electrons. The van der Waals surface area contributed by atoms with E-state index in [1.165, 1.54) is 0 Å². The third-order valence-electron chi connectivity index (χ3n) is 2.97. The monoisotopic (exact) mass is 396 g/mol. The summed E-state index contributed by atoms with van der Waals surface area (Å²) in [7, 11) is 0. The molecule has 5 nitrogen and oxygen atoms in total. The smallest absolute Gasteiger partial charge is 0.342 e. The molecule has 0 spiro atoms. The van der Waals surface area contributed by atoms with E-state index in [2.05, 4.69) is 26.2 Å². The fourth-order valence-electron chi connectivity index (χ4n) is 1.97. The number of ether oxygens (including phenoxy) is 1. The maximum atomic E-state index is 12.1. The molecule has 0 saturated heterocycles. The fourth-order valence-corrected chi connectivity index (χ4v) is 2.59. The van der Waals surface area contributed by atoms with Crippen LogP contribution in [0.5, 0.6) is 0 Å². The zero-order valence-electron chi connectivity index (χ0n) is 12.5. The number of carbonyl (C=O) groups excluding carboxylic acids is 2. The quantitative estimate of drug-likeness (QED) is 0.627. The first-order valence-electron chi connectivity index (χ1n) is 6.73. The van der Waals surface area contributed by atoms with Gasteiger partial charge in [-0.3, -0.25) is 4.79 Å². The van der Waals surface area contributed by atoms with Crippen LogP contribution < -0.4 is 5.32 Å². The molecule has 7 heteroatoms. The molecule has 0 aliphatic heterocycles. The van der Waals surface area contributed by atoms with Crippen molar-refractivity contribution in [3.63, 3.8) is 0 Å². The summed E-state index contributed by atoms with van der Waals surface area (Å²) in [6.07, 6.45) is 0. The summed E-state index contributed by atoms with van der Waals surface area (Å²) in [6.45, 7) is 3.11. The highest BCUT2D eigenvalue weighted by molar-refractivity contribution is 9.10. The van der Waals surface area contributed by atoms with Crippen LogP contribution in [0.15, 0.2) is 34.8 Å². The van der Waals surface area contributed by atoms with Crippen molar-refractivity contribution in [1.29, 1.82) is 0 Å². The summed E-state index contributed by atoms with van der Waals surface area (Å²) in [5.41, 5.74) is 2.15. The molecule has 1 N–H and O–H groups in total. The van der Waals surface area contributed by atoms with Gasteiger partial charge in [-0.2, -0.15) is 0 Å². The van der Waals surface area contributed by atoms with E-state index in [4.69, 9.17) is 16.3 Å². The minimum absolute atomic E-state index is 0.0702. The molecule has 2 rings (SSSR count). The molecule has 0 bridgehead atoms. The number of rotatable bonds is 4. The summed E-state index contributed by atoms with van der Waals surface area (Å²) in [6, 6.07) is 8.78. The van der Waals surface area contributed by atoms with Gasteiger partial charge < -0.3 is 10.1 Å². The Hall–Kier alpha value is -1.92. The molecule has 0 unspecified atom stereocenters. The van der Waals surface area contributed by atoms with Gasteiger partial charge in [-0.1, -0.05) is 27.5 Å². The molecule has 1 aromatic carbocycles. The normalized spacial score (nSPS) is 10.3. The first-order valence-corrected chi connectivity index (χ1v) is 7.90. The number of carbonyl (C=O) groups is 2. The lowest BCUT2D eigenvalue weighted by Crippen LogP contribution is -2.21. The van der Waals surface area contributed by atoms with Crippen molar-refractivity contribution in [3.05, 3.63) is 56.8 Å². The van der Waals surface area contributed by atoms with E-state index in [1.54, 1.807) is 44.2 Å². The Kier molecular flexibility index (Phi) is 5.74. The number of amides is 1. The van der Waals surface area contributed by atoms with Crippen LogP contribution in [-0.2, 0) is 9.53 Å².